The molecule has 0 amide bonds. The summed E-state index contributed by atoms with van der Waals surface area (Å²) in [5, 5.41) is -3.23. The highest BCUT2D eigenvalue weighted by Gasteiger charge is 2.29. The first-order chi connectivity index (χ1) is 9.21. The molecule has 0 aliphatic heterocycles. The van der Waals surface area contributed by atoms with E-state index in [0.717, 1.165) is 12.1 Å². The number of alkyl halides is 6. The second-order valence-electron chi connectivity index (χ2n) is 3.73. The van der Waals surface area contributed by atoms with Gasteiger partial charge in [0.25, 0.3) is 0 Å². The molecule has 20 heavy (non-hydrogen) atoms. The van der Waals surface area contributed by atoms with Crippen molar-refractivity contribution in [3.8, 4) is 0 Å². The maximum absolute atomic E-state index is 12.2. The van der Waals surface area contributed by atoms with E-state index in [4.69, 9.17) is 11.6 Å². The standard InChI is InChI=1S/C7H5ClF2.C7H5F3/c2*8-7(9,10)6-4-2-1-3-5-6/h2*1-5H. The van der Waals surface area contributed by atoms with Gasteiger partial charge in [-0.3, -0.25) is 0 Å². The quantitative estimate of drug-likeness (QED) is 0.469. The van der Waals surface area contributed by atoms with Crippen molar-refractivity contribution in [1.29, 1.82) is 0 Å². The molecule has 0 atom stereocenters. The molecule has 0 radical (unpaired) electrons. The molecule has 0 unspecified atom stereocenters. The molecule has 0 bridgehead atoms. The van der Waals surface area contributed by atoms with Crippen LogP contribution in [0.2, 0.25) is 0 Å². The summed E-state index contributed by atoms with van der Waals surface area (Å²) in [5.41, 5.74) is -0.772. The van der Waals surface area contributed by atoms with E-state index in [-0.39, 0.29) is 5.56 Å². The third-order valence-corrected chi connectivity index (χ3v) is 2.42. The Labute approximate surface area is 117 Å². The highest BCUT2D eigenvalue weighted by molar-refractivity contribution is 6.21. The molecule has 0 fully saturated rings. The fourth-order valence-corrected chi connectivity index (χ4v) is 1.38. The fraction of sp³-hybridized carbons (Fsp3) is 0.143. The Morgan fingerprint density at radius 2 is 0.950 bits per heavy atom. The Morgan fingerprint density at radius 1 is 0.600 bits per heavy atom. The van der Waals surface area contributed by atoms with E-state index < -0.39 is 17.1 Å². The molecular formula is C14H10ClF5. The van der Waals surface area contributed by atoms with Gasteiger partial charge in [-0.25, -0.2) is 0 Å². The maximum Gasteiger partial charge on any atom is 0.416 e. The van der Waals surface area contributed by atoms with E-state index >= 15 is 0 Å². The van der Waals surface area contributed by atoms with Crippen LogP contribution in [-0.4, -0.2) is 0 Å². The topological polar surface area (TPSA) is 0 Å². The third-order valence-electron chi connectivity index (χ3n) is 2.20. The molecule has 0 aromatic heterocycles. The third kappa shape index (κ3) is 5.57. The SMILES string of the molecule is FC(F)(Cl)c1ccccc1.FC(F)(F)c1ccccc1. The van der Waals surface area contributed by atoms with Gasteiger partial charge >= 0.3 is 11.6 Å². The molecule has 108 valence electrons. The number of benzene rings is 2. The molecule has 0 N–H and O–H groups in total. The lowest BCUT2D eigenvalue weighted by atomic mass is 10.2. The minimum Gasteiger partial charge on any atom is -0.183 e. The molecule has 0 saturated heterocycles. The second-order valence-corrected chi connectivity index (χ2v) is 4.20. The summed E-state index contributed by atoms with van der Waals surface area (Å²) in [5.74, 6) is 0. The summed E-state index contributed by atoms with van der Waals surface area (Å²) in [4.78, 5) is 0. The predicted molar refractivity (Wildman–Crippen MR) is 67.6 cm³/mol. The minimum absolute atomic E-state index is 0.170. The van der Waals surface area contributed by atoms with Crippen LogP contribution in [0.3, 0.4) is 0 Å². The summed E-state index contributed by atoms with van der Waals surface area (Å²) < 4.78 is 59.8. The van der Waals surface area contributed by atoms with Crippen LogP contribution in [0.15, 0.2) is 60.7 Å². The zero-order valence-corrected chi connectivity index (χ0v) is 10.8. The molecule has 0 aliphatic rings. The van der Waals surface area contributed by atoms with Crippen molar-refractivity contribution in [3.63, 3.8) is 0 Å². The summed E-state index contributed by atoms with van der Waals surface area (Å²) in [6.07, 6.45) is -4.21. The van der Waals surface area contributed by atoms with Crippen LogP contribution in [0.1, 0.15) is 11.1 Å². The van der Waals surface area contributed by atoms with Crippen molar-refractivity contribution in [1.82, 2.24) is 0 Å². The van der Waals surface area contributed by atoms with E-state index in [0.29, 0.717) is 0 Å². The first-order valence-corrected chi connectivity index (χ1v) is 5.83. The van der Waals surface area contributed by atoms with Crippen LogP contribution < -0.4 is 0 Å². The van der Waals surface area contributed by atoms with Gasteiger partial charge in [-0.05, 0) is 11.6 Å². The van der Waals surface area contributed by atoms with E-state index in [2.05, 4.69) is 0 Å². The first-order valence-electron chi connectivity index (χ1n) is 5.46. The van der Waals surface area contributed by atoms with Gasteiger partial charge in [0, 0.05) is 5.56 Å². The van der Waals surface area contributed by atoms with Gasteiger partial charge in [-0.1, -0.05) is 60.7 Å². The highest BCUT2D eigenvalue weighted by Crippen LogP contribution is 2.31. The van der Waals surface area contributed by atoms with E-state index in [1.165, 1.54) is 36.4 Å². The van der Waals surface area contributed by atoms with E-state index in [1.807, 2.05) is 0 Å². The first kappa shape index (κ1) is 16.4. The van der Waals surface area contributed by atoms with E-state index in [9.17, 15) is 22.0 Å². The van der Waals surface area contributed by atoms with Crippen molar-refractivity contribution in [2.75, 3.05) is 0 Å². The van der Waals surface area contributed by atoms with Gasteiger partial charge in [-0.15, -0.1) is 0 Å². The van der Waals surface area contributed by atoms with Gasteiger partial charge in [0.05, 0.1) is 5.56 Å². The molecule has 2 aromatic rings. The van der Waals surface area contributed by atoms with Gasteiger partial charge in [0.1, 0.15) is 0 Å². The molecule has 0 heterocycles. The minimum atomic E-state index is -4.21. The molecule has 0 aliphatic carbocycles. The van der Waals surface area contributed by atoms with Crippen LogP contribution in [0.25, 0.3) is 0 Å². The molecule has 0 saturated carbocycles. The van der Waals surface area contributed by atoms with Crippen LogP contribution >= 0.6 is 11.6 Å². The normalized spacial score (nSPS) is 11.5. The van der Waals surface area contributed by atoms with Crippen molar-refractivity contribution in [2.45, 2.75) is 11.6 Å². The average Bonchev–Trinajstić information content (AvgIpc) is 2.40. The summed E-state index contributed by atoms with van der Waals surface area (Å²) in [6, 6.07) is 13.6. The number of rotatable bonds is 1. The monoisotopic (exact) mass is 308 g/mol. The Morgan fingerprint density at radius 3 is 1.15 bits per heavy atom. The van der Waals surface area contributed by atoms with Crippen LogP contribution in [0.4, 0.5) is 22.0 Å². The maximum atomic E-state index is 12.2. The van der Waals surface area contributed by atoms with Gasteiger partial charge < -0.3 is 0 Å². The van der Waals surface area contributed by atoms with Crippen molar-refractivity contribution < 1.29 is 22.0 Å². The Bertz CT molecular complexity index is 453. The fourth-order valence-electron chi connectivity index (χ4n) is 1.25. The van der Waals surface area contributed by atoms with E-state index in [1.54, 1.807) is 12.1 Å². The zero-order valence-electron chi connectivity index (χ0n) is 10.0. The lowest BCUT2D eigenvalue weighted by Gasteiger charge is -2.05. The average molecular weight is 309 g/mol. The van der Waals surface area contributed by atoms with Crippen LogP contribution in [0, 0.1) is 0 Å². The van der Waals surface area contributed by atoms with Crippen molar-refractivity contribution in [3.05, 3.63) is 71.8 Å². The second kappa shape index (κ2) is 6.70. The van der Waals surface area contributed by atoms with Crippen molar-refractivity contribution >= 4 is 11.6 Å². The van der Waals surface area contributed by atoms with Crippen LogP contribution in [-0.2, 0) is 11.6 Å². The Kier molecular flexibility index (Phi) is 5.51. The molecule has 2 aromatic carbocycles. The van der Waals surface area contributed by atoms with Crippen LogP contribution in [0.5, 0.6) is 0 Å². The van der Waals surface area contributed by atoms with Crippen molar-refractivity contribution in [2.24, 2.45) is 0 Å². The van der Waals surface area contributed by atoms with Gasteiger partial charge in [-0.2, -0.15) is 22.0 Å². The predicted octanol–water partition coefficient (Wildman–Crippen LogP) is 5.68. The Balaban J connectivity index is 0.000000200. The van der Waals surface area contributed by atoms with Gasteiger partial charge in [0.2, 0.25) is 0 Å². The smallest absolute Gasteiger partial charge is 0.183 e. The summed E-state index contributed by atoms with van der Waals surface area (Å²) in [6.45, 7) is 0. The largest absolute Gasteiger partial charge is 0.416 e. The lowest BCUT2D eigenvalue weighted by Crippen LogP contribution is -2.03. The molecular weight excluding hydrogens is 299 g/mol. The molecule has 6 heteroatoms. The molecule has 0 nitrogen and oxygen atoms in total. The lowest BCUT2D eigenvalue weighted by molar-refractivity contribution is -0.137. The Hall–Kier alpha value is -1.62. The summed E-state index contributed by atoms with van der Waals surface area (Å²) in [7, 11) is 0. The number of hydrogen-bond donors (Lipinski definition) is 0. The molecule has 0 spiro atoms. The number of halogens is 6. The zero-order chi connectivity index (χ0) is 15.2. The highest BCUT2D eigenvalue weighted by atomic mass is 35.5. The molecule has 2 rings (SSSR count). The summed E-state index contributed by atoms with van der Waals surface area (Å²) >= 11 is 4.73. The number of hydrogen-bond acceptors (Lipinski definition) is 0. The van der Waals surface area contributed by atoms with Gasteiger partial charge in [0.15, 0.2) is 0 Å².